The number of halogens is 2. The average molecular weight is 475 g/mol. The summed E-state index contributed by atoms with van der Waals surface area (Å²) in [6, 6.07) is 16.9. The van der Waals surface area contributed by atoms with Crippen LogP contribution >= 0.6 is 27.5 Å². The zero-order chi connectivity index (χ0) is 21.0. The Morgan fingerprint density at radius 1 is 1.10 bits per heavy atom. The zero-order valence-corrected chi connectivity index (χ0v) is 18.7. The molecule has 0 saturated carbocycles. The van der Waals surface area contributed by atoms with E-state index in [9.17, 15) is 4.79 Å². The van der Waals surface area contributed by atoms with Crippen LogP contribution < -0.4 is 14.8 Å². The number of ether oxygens (including phenoxy) is 2. The first-order valence-corrected chi connectivity index (χ1v) is 10.2. The number of nitrogens with one attached hydrogen (secondary N) is 1. The molecule has 0 heterocycles. The molecule has 0 radical (unpaired) electrons. The standard InChI is InChI=1S/C23H21BrClNO3/c1-14-7-9-16(10-8-14)13-29-22-18(24)11-17(12-21(22)28-3)23(27)26-20-6-4-5-19(25)15(20)2/h4-12H,13H2,1-3H3,(H,26,27). The maximum absolute atomic E-state index is 12.7. The van der Waals surface area contributed by atoms with Gasteiger partial charge < -0.3 is 14.8 Å². The van der Waals surface area contributed by atoms with E-state index in [0.29, 0.717) is 38.9 Å². The molecule has 0 spiro atoms. The smallest absolute Gasteiger partial charge is 0.255 e. The monoisotopic (exact) mass is 473 g/mol. The van der Waals surface area contributed by atoms with Crippen molar-refractivity contribution in [3.63, 3.8) is 0 Å². The molecule has 0 bridgehead atoms. The molecule has 150 valence electrons. The summed E-state index contributed by atoms with van der Waals surface area (Å²) in [5.74, 6) is 0.752. The first-order valence-electron chi connectivity index (χ1n) is 9.01. The molecule has 0 unspecified atom stereocenters. The summed E-state index contributed by atoms with van der Waals surface area (Å²) in [5.41, 5.74) is 4.15. The second-order valence-corrected chi connectivity index (χ2v) is 7.89. The zero-order valence-electron chi connectivity index (χ0n) is 16.4. The summed E-state index contributed by atoms with van der Waals surface area (Å²) in [5, 5.41) is 3.49. The highest BCUT2D eigenvalue weighted by Gasteiger charge is 2.17. The molecule has 0 aliphatic rings. The lowest BCUT2D eigenvalue weighted by molar-refractivity contribution is 0.102. The largest absolute Gasteiger partial charge is 0.493 e. The van der Waals surface area contributed by atoms with Crippen LogP contribution in [0.4, 0.5) is 5.69 Å². The minimum Gasteiger partial charge on any atom is -0.493 e. The Kier molecular flexibility index (Phi) is 6.83. The maximum Gasteiger partial charge on any atom is 0.255 e. The molecule has 1 amide bonds. The van der Waals surface area contributed by atoms with Crippen molar-refractivity contribution in [3.05, 3.63) is 86.3 Å². The van der Waals surface area contributed by atoms with E-state index >= 15 is 0 Å². The predicted molar refractivity (Wildman–Crippen MR) is 120 cm³/mol. The van der Waals surface area contributed by atoms with Gasteiger partial charge in [-0.1, -0.05) is 47.5 Å². The van der Waals surface area contributed by atoms with Crippen molar-refractivity contribution >= 4 is 39.1 Å². The Morgan fingerprint density at radius 2 is 1.83 bits per heavy atom. The average Bonchev–Trinajstić information content (AvgIpc) is 2.71. The van der Waals surface area contributed by atoms with Crippen molar-refractivity contribution in [2.24, 2.45) is 0 Å². The highest BCUT2D eigenvalue weighted by atomic mass is 79.9. The minimum atomic E-state index is -0.264. The van der Waals surface area contributed by atoms with Gasteiger partial charge in [-0.25, -0.2) is 0 Å². The molecule has 3 rings (SSSR count). The van der Waals surface area contributed by atoms with Gasteiger partial charge in [0.15, 0.2) is 11.5 Å². The lowest BCUT2D eigenvalue weighted by Crippen LogP contribution is -2.13. The number of hydrogen-bond acceptors (Lipinski definition) is 3. The fourth-order valence-electron chi connectivity index (χ4n) is 2.77. The molecule has 0 atom stereocenters. The van der Waals surface area contributed by atoms with E-state index in [1.807, 2.05) is 44.2 Å². The third-order valence-electron chi connectivity index (χ3n) is 4.51. The van der Waals surface area contributed by atoms with Crippen LogP contribution in [0.2, 0.25) is 5.02 Å². The number of rotatable bonds is 6. The Balaban J connectivity index is 1.80. The van der Waals surface area contributed by atoms with Gasteiger partial charge in [0.2, 0.25) is 0 Å². The van der Waals surface area contributed by atoms with Gasteiger partial charge in [0, 0.05) is 16.3 Å². The van der Waals surface area contributed by atoms with E-state index in [0.717, 1.165) is 11.1 Å². The molecule has 4 nitrogen and oxygen atoms in total. The van der Waals surface area contributed by atoms with E-state index < -0.39 is 0 Å². The lowest BCUT2D eigenvalue weighted by atomic mass is 10.1. The number of benzene rings is 3. The van der Waals surface area contributed by atoms with Gasteiger partial charge in [-0.05, 0) is 65.2 Å². The van der Waals surface area contributed by atoms with Crippen molar-refractivity contribution in [2.75, 3.05) is 12.4 Å². The lowest BCUT2D eigenvalue weighted by Gasteiger charge is -2.15. The van der Waals surface area contributed by atoms with Crippen LogP contribution in [0.1, 0.15) is 27.0 Å². The van der Waals surface area contributed by atoms with E-state index in [1.165, 1.54) is 5.56 Å². The highest BCUT2D eigenvalue weighted by molar-refractivity contribution is 9.10. The molecule has 6 heteroatoms. The van der Waals surface area contributed by atoms with Gasteiger partial charge in [-0.3, -0.25) is 4.79 Å². The Morgan fingerprint density at radius 3 is 2.52 bits per heavy atom. The van der Waals surface area contributed by atoms with Crippen molar-refractivity contribution in [1.29, 1.82) is 0 Å². The fraction of sp³-hybridized carbons (Fsp3) is 0.174. The number of amides is 1. The van der Waals surface area contributed by atoms with Crippen molar-refractivity contribution in [1.82, 2.24) is 0 Å². The van der Waals surface area contributed by atoms with E-state index in [1.54, 1.807) is 31.4 Å². The van der Waals surface area contributed by atoms with Crippen LogP contribution in [-0.2, 0) is 6.61 Å². The number of anilines is 1. The molecule has 0 saturated heterocycles. The first-order chi connectivity index (χ1) is 13.9. The van der Waals surface area contributed by atoms with Gasteiger partial charge in [0.05, 0.1) is 11.6 Å². The SMILES string of the molecule is COc1cc(C(=O)Nc2cccc(Cl)c2C)cc(Br)c1OCc1ccc(C)cc1. The fourth-order valence-corrected chi connectivity index (χ4v) is 3.50. The van der Waals surface area contributed by atoms with Crippen LogP contribution in [0.15, 0.2) is 59.1 Å². The molecule has 3 aromatic rings. The Bertz CT molecular complexity index is 1040. The van der Waals surface area contributed by atoms with Gasteiger partial charge in [-0.2, -0.15) is 0 Å². The van der Waals surface area contributed by atoms with E-state index in [-0.39, 0.29) is 5.91 Å². The number of aryl methyl sites for hydroxylation is 1. The Labute approximate surface area is 183 Å². The summed E-state index contributed by atoms with van der Waals surface area (Å²) >= 11 is 9.63. The second-order valence-electron chi connectivity index (χ2n) is 6.63. The van der Waals surface area contributed by atoms with Crippen LogP contribution in [0.3, 0.4) is 0 Å². The molecule has 0 aliphatic heterocycles. The van der Waals surface area contributed by atoms with Crippen LogP contribution in [-0.4, -0.2) is 13.0 Å². The topological polar surface area (TPSA) is 47.6 Å². The van der Waals surface area contributed by atoms with Crippen LogP contribution in [0, 0.1) is 13.8 Å². The Hall–Kier alpha value is -2.50. The molecule has 1 N–H and O–H groups in total. The van der Waals surface area contributed by atoms with Gasteiger partial charge in [-0.15, -0.1) is 0 Å². The summed E-state index contributed by atoms with van der Waals surface area (Å²) in [6.45, 7) is 4.29. The predicted octanol–water partition coefficient (Wildman–Crippen LogP) is 6.56. The highest BCUT2D eigenvalue weighted by Crippen LogP contribution is 2.37. The van der Waals surface area contributed by atoms with Gasteiger partial charge >= 0.3 is 0 Å². The van der Waals surface area contributed by atoms with Crippen LogP contribution in [0.5, 0.6) is 11.5 Å². The molecule has 0 aromatic heterocycles. The summed E-state index contributed by atoms with van der Waals surface area (Å²) < 4.78 is 12.0. The molecule has 3 aromatic carbocycles. The number of hydrogen-bond donors (Lipinski definition) is 1. The molecule has 0 fully saturated rings. The summed E-state index contributed by atoms with van der Waals surface area (Å²) in [7, 11) is 1.54. The molecule has 0 aliphatic carbocycles. The minimum absolute atomic E-state index is 0.264. The maximum atomic E-state index is 12.7. The normalized spacial score (nSPS) is 10.5. The third-order valence-corrected chi connectivity index (χ3v) is 5.51. The summed E-state index contributed by atoms with van der Waals surface area (Å²) in [4.78, 5) is 12.7. The number of carbonyl (C=O) groups is 1. The van der Waals surface area contributed by atoms with Crippen molar-refractivity contribution in [2.45, 2.75) is 20.5 Å². The molecular weight excluding hydrogens is 454 g/mol. The van der Waals surface area contributed by atoms with E-state index in [2.05, 4.69) is 21.2 Å². The first kappa shape index (κ1) is 21.2. The third kappa shape index (κ3) is 5.11. The van der Waals surface area contributed by atoms with Crippen molar-refractivity contribution < 1.29 is 14.3 Å². The van der Waals surface area contributed by atoms with Crippen molar-refractivity contribution in [3.8, 4) is 11.5 Å². The quantitative estimate of drug-likeness (QED) is 0.440. The number of methoxy groups -OCH3 is 1. The van der Waals surface area contributed by atoms with Gasteiger partial charge in [0.1, 0.15) is 6.61 Å². The number of carbonyl (C=O) groups excluding carboxylic acids is 1. The second kappa shape index (κ2) is 9.33. The van der Waals surface area contributed by atoms with Crippen LogP contribution in [0.25, 0.3) is 0 Å². The van der Waals surface area contributed by atoms with Gasteiger partial charge in [0.25, 0.3) is 5.91 Å². The van der Waals surface area contributed by atoms with E-state index in [4.69, 9.17) is 21.1 Å². The molecule has 29 heavy (non-hydrogen) atoms. The summed E-state index contributed by atoms with van der Waals surface area (Å²) in [6.07, 6.45) is 0. The molecular formula is C23H21BrClNO3.